The molecular formula is C26H32N4O3S. The van der Waals surface area contributed by atoms with Gasteiger partial charge >= 0.3 is 0 Å². The molecule has 0 saturated carbocycles. The average Bonchev–Trinajstić information content (AvgIpc) is 3.13. The smallest absolute Gasteiger partial charge is 0.281 e. The molecule has 3 N–H and O–H groups in total. The van der Waals surface area contributed by atoms with Gasteiger partial charge in [-0.2, -0.15) is 8.42 Å². The van der Waals surface area contributed by atoms with Crippen LogP contribution in [0.5, 0.6) is 0 Å². The number of sulfonamides is 1. The van der Waals surface area contributed by atoms with Crippen LogP contribution >= 0.6 is 0 Å². The summed E-state index contributed by atoms with van der Waals surface area (Å²) in [6.07, 6.45) is 0.855. The van der Waals surface area contributed by atoms with Crippen molar-refractivity contribution in [1.82, 2.24) is 14.3 Å². The standard InChI is InChI=1S/C26H28N4O3S.2H2/c1-5-19-9-10-22-20(13-19)14-23(30(22)15-21-17(3)11-16(2)12-18(21)4)26(31)29-34(32,33)25-8-6-7-24(27)28-25;;/h6-14H,5,15H2,1-4H3,(H2,27,28)(H,29,31);2*1H. The van der Waals surface area contributed by atoms with E-state index >= 15 is 0 Å². The highest BCUT2D eigenvalue weighted by atomic mass is 32.2. The van der Waals surface area contributed by atoms with Gasteiger partial charge in [-0.25, -0.2) is 9.71 Å². The van der Waals surface area contributed by atoms with Crippen LogP contribution in [-0.4, -0.2) is 23.9 Å². The van der Waals surface area contributed by atoms with Crippen LogP contribution in [0.4, 0.5) is 5.82 Å². The highest BCUT2D eigenvalue weighted by Gasteiger charge is 2.24. The number of benzene rings is 2. The Labute approximate surface area is 202 Å². The Morgan fingerprint density at radius 3 is 2.41 bits per heavy atom. The molecule has 1 amide bonds. The summed E-state index contributed by atoms with van der Waals surface area (Å²) in [5.41, 5.74) is 12.4. The van der Waals surface area contributed by atoms with Crippen molar-refractivity contribution in [2.24, 2.45) is 0 Å². The number of pyridine rings is 1. The number of carbonyl (C=O) groups is 1. The van der Waals surface area contributed by atoms with Crippen molar-refractivity contribution in [3.63, 3.8) is 0 Å². The predicted octanol–water partition coefficient (Wildman–Crippen LogP) is 4.77. The number of aromatic nitrogens is 2. The van der Waals surface area contributed by atoms with Crippen LogP contribution in [0.25, 0.3) is 10.9 Å². The normalized spacial score (nSPS) is 11.6. The molecule has 2 aromatic carbocycles. The van der Waals surface area contributed by atoms with Gasteiger partial charge in [-0.3, -0.25) is 4.79 Å². The Bertz CT molecular complexity index is 1510. The summed E-state index contributed by atoms with van der Waals surface area (Å²) in [7, 11) is -4.20. The number of carbonyl (C=O) groups excluding carboxylic acids is 1. The second-order valence-electron chi connectivity index (χ2n) is 8.58. The van der Waals surface area contributed by atoms with Crippen molar-refractivity contribution >= 4 is 32.7 Å². The fourth-order valence-electron chi connectivity index (χ4n) is 4.32. The molecule has 0 spiro atoms. The molecule has 0 aliphatic rings. The van der Waals surface area contributed by atoms with Crippen molar-refractivity contribution < 1.29 is 16.1 Å². The number of rotatable bonds is 6. The molecule has 7 nitrogen and oxygen atoms in total. The van der Waals surface area contributed by atoms with Gasteiger partial charge in [0.2, 0.25) is 0 Å². The molecule has 2 aromatic heterocycles. The molecule has 0 aliphatic heterocycles. The Morgan fingerprint density at radius 2 is 1.76 bits per heavy atom. The summed E-state index contributed by atoms with van der Waals surface area (Å²) in [5, 5.41) is 0.577. The van der Waals surface area contributed by atoms with Gasteiger partial charge in [-0.15, -0.1) is 0 Å². The van der Waals surface area contributed by atoms with Crippen LogP contribution in [0.3, 0.4) is 0 Å². The molecule has 180 valence electrons. The average molecular weight is 481 g/mol. The fourth-order valence-corrected chi connectivity index (χ4v) is 5.26. The van der Waals surface area contributed by atoms with E-state index in [9.17, 15) is 13.2 Å². The first-order valence-corrected chi connectivity index (χ1v) is 12.6. The topological polar surface area (TPSA) is 107 Å². The van der Waals surface area contributed by atoms with Crippen LogP contribution in [0.1, 0.15) is 48.1 Å². The number of nitrogen functional groups attached to an aromatic ring is 1. The zero-order valence-electron chi connectivity index (χ0n) is 19.7. The summed E-state index contributed by atoms with van der Waals surface area (Å²) in [6.45, 7) is 8.65. The Balaban J connectivity index is 0.00000228. The summed E-state index contributed by atoms with van der Waals surface area (Å²) in [6, 6.07) is 16.3. The lowest BCUT2D eigenvalue weighted by atomic mass is 9.99. The zero-order valence-corrected chi connectivity index (χ0v) is 20.5. The molecule has 4 aromatic rings. The number of aryl methyl sites for hydroxylation is 4. The van der Waals surface area contributed by atoms with Crippen molar-refractivity contribution in [3.05, 3.63) is 88.1 Å². The molecule has 0 atom stereocenters. The fraction of sp³-hybridized carbons (Fsp3) is 0.231. The third kappa shape index (κ3) is 4.54. The number of nitrogens with two attached hydrogens (primary N) is 1. The van der Waals surface area contributed by atoms with Gasteiger partial charge in [0, 0.05) is 20.3 Å². The van der Waals surface area contributed by atoms with E-state index in [1.54, 1.807) is 6.07 Å². The maximum absolute atomic E-state index is 13.3. The quantitative estimate of drug-likeness (QED) is 0.414. The van der Waals surface area contributed by atoms with Gasteiger partial charge in [0.15, 0.2) is 5.03 Å². The monoisotopic (exact) mass is 480 g/mol. The molecule has 8 heteroatoms. The number of amides is 1. The molecule has 4 rings (SSSR count). The largest absolute Gasteiger partial charge is 0.384 e. The first-order valence-electron chi connectivity index (χ1n) is 11.1. The maximum atomic E-state index is 13.3. The highest BCUT2D eigenvalue weighted by molar-refractivity contribution is 7.90. The molecule has 0 aliphatic carbocycles. The van der Waals surface area contributed by atoms with E-state index in [0.29, 0.717) is 6.54 Å². The summed E-state index contributed by atoms with van der Waals surface area (Å²) >= 11 is 0. The molecular weight excluding hydrogens is 448 g/mol. The van der Waals surface area contributed by atoms with E-state index in [1.807, 2.05) is 36.6 Å². The summed E-state index contributed by atoms with van der Waals surface area (Å²) in [5.74, 6) is -0.664. The van der Waals surface area contributed by atoms with E-state index in [0.717, 1.165) is 39.6 Å². The van der Waals surface area contributed by atoms with Gasteiger partial charge in [0.05, 0.1) is 0 Å². The predicted molar refractivity (Wildman–Crippen MR) is 139 cm³/mol. The first-order chi connectivity index (χ1) is 16.1. The van der Waals surface area contributed by atoms with Crippen molar-refractivity contribution in [2.45, 2.75) is 45.7 Å². The number of hydrogen-bond donors (Lipinski definition) is 2. The highest BCUT2D eigenvalue weighted by Crippen LogP contribution is 2.26. The summed E-state index contributed by atoms with van der Waals surface area (Å²) < 4.78 is 29.7. The Hall–Kier alpha value is -3.65. The van der Waals surface area contributed by atoms with E-state index in [1.165, 1.54) is 23.8 Å². The third-order valence-corrected chi connectivity index (χ3v) is 7.24. The molecule has 34 heavy (non-hydrogen) atoms. The molecule has 0 fully saturated rings. The molecule has 0 saturated heterocycles. The van der Waals surface area contributed by atoms with Gasteiger partial charge < -0.3 is 10.3 Å². The van der Waals surface area contributed by atoms with Crippen molar-refractivity contribution in [3.8, 4) is 0 Å². The molecule has 0 radical (unpaired) electrons. The lowest BCUT2D eigenvalue weighted by Gasteiger charge is -2.16. The lowest BCUT2D eigenvalue weighted by Crippen LogP contribution is -2.32. The first kappa shape index (κ1) is 23.5. The number of hydrogen-bond acceptors (Lipinski definition) is 5. The minimum absolute atomic E-state index is 0. The Morgan fingerprint density at radius 1 is 1.06 bits per heavy atom. The zero-order chi connectivity index (χ0) is 24.6. The van der Waals surface area contributed by atoms with Crippen LogP contribution in [0.15, 0.2) is 59.6 Å². The molecule has 2 heterocycles. The van der Waals surface area contributed by atoms with Crippen molar-refractivity contribution in [1.29, 1.82) is 0 Å². The number of anilines is 1. The minimum atomic E-state index is -4.20. The Kier molecular flexibility index (Phi) is 6.18. The number of nitrogens with zero attached hydrogens (tertiary/aromatic N) is 2. The SMILES string of the molecule is CCc1ccc2c(c1)cc(C(=O)NS(=O)(=O)c1cccc(N)n1)n2Cc1c(C)cc(C)cc1C.[HH].[HH]. The molecule has 0 unspecified atom stereocenters. The number of fused-ring (bicyclic) bond motifs is 1. The maximum Gasteiger partial charge on any atom is 0.281 e. The van der Waals surface area contributed by atoms with Gasteiger partial charge in [0.1, 0.15) is 11.5 Å². The van der Waals surface area contributed by atoms with Gasteiger partial charge in [-0.05, 0) is 79.8 Å². The second kappa shape index (κ2) is 8.95. The number of nitrogens with one attached hydrogen (secondary N) is 1. The van der Waals surface area contributed by atoms with Gasteiger partial charge in [0.25, 0.3) is 15.9 Å². The van der Waals surface area contributed by atoms with Crippen LogP contribution in [0.2, 0.25) is 0 Å². The van der Waals surface area contributed by atoms with Crippen LogP contribution in [0, 0.1) is 20.8 Å². The third-order valence-electron chi connectivity index (χ3n) is 6.01. The summed E-state index contributed by atoms with van der Waals surface area (Å²) in [4.78, 5) is 17.2. The van der Waals surface area contributed by atoms with E-state index in [2.05, 4.69) is 35.7 Å². The molecule has 0 bridgehead atoms. The van der Waals surface area contributed by atoms with E-state index < -0.39 is 15.9 Å². The van der Waals surface area contributed by atoms with Crippen molar-refractivity contribution in [2.75, 3.05) is 5.73 Å². The minimum Gasteiger partial charge on any atom is -0.384 e. The van der Waals surface area contributed by atoms with E-state index in [-0.39, 0.29) is 19.4 Å². The second-order valence-corrected chi connectivity index (χ2v) is 10.2. The van der Waals surface area contributed by atoms with Crippen LogP contribution in [-0.2, 0) is 23.0 Å². The van der Waals surface area contributed by atoms with Gasteiger partial charge in [-0.1, -0.05) is 36.8 Å². The van der Waals surface area contributed by atoms with Crippen LogP contribution < -0.4 is 10.5 Å². The van der Waals surface area contributed by atoms with E-state index in [4.69, 9.17) is 5.73 Å². The lowest BCUT2D eigenvalue weighted by molar-refractivity contribution is 0.0973.